The number of rotatable bonds is 4. The second-order valence-corrected chi connectivity index (χ2v) is 9.54. The van der Waals surface area contributed by atoms with Gasteiger partial charge >= 0.3 is 0 Å². The minimum Gasteiger partial charge on any atom is -0.494 e. The summed E-state index contributed by atoms with van der Waals surface area (Å²) in [5.74, 6) is -0.619. The van der Waals surface area contributed by atoms with Crippen molar-refractivity contribution >= 4 is 28.9 Å². The first-order valence-corrected chi connectivity index (χ1v) is 12.1. The van der Waals surface area contributed by atoms with Gasteiger partial charge in [-0.1, -0.05) is 18.2 Å². The largest absolute Gasteiger partial charge is 0.494 e. The van der Waals surface area contributed by atoms with Crippen molar-refractivity contribution in [3.05, 3.63) is 71.0 Å². The molecule has 0 aliphatic carbocycles. The molecule has 2 aromatic carbocycles. The summed E-state index contributed by atoms with van der Waals surface area (Å²) in [6.45, 7) is 5.39. The average molecular weight is 493 g/mol. The van der Waals surface area contributed by atoms with Crippen LogP contribution in [0.3, 0.4) is 0 Å². The fourth-order valence-corrected chi connectivity index (χ4v) is 5.17. The molecule has 0 unspecified atom stereocenters. The maximum Gasteiger partial charge on any atom is 0.286 e. The molecule has 7 nitrogen and oxygen atoms in total. The van der Waals surface area contributed by atoms with Crippen LogP contribution in [-0.2, 0) is 9.53 Å². The highest BCUT2D eigenvalue weighted by Crippen LogP contribution is 2.35. The van der Waals surface area contributed by atoms with Crippen molar-refractivity contribution in [1.29, 1.82) is 0 Å². The number of para-hydroxylation sites is 1. The summed E-state index contributed by atoms with van der Waals surface area (Å²) in [4.78, 5) is 19.7. The van der Waals surface area contributed by atoms with Crippen LogP contribution in [0.15, 0.2) is 64.6 Å². The Morgan fingerprint density at radius 3 is 2.57 bits per heavy atom. The van der Waals surface area contributed by atoms with Crippen molar-refractivity contribution in [1.82, 2.24) is 14.7 Å². The molecule has 0 radical (unpaired) electrons. The van der Waals surface area contributed by atoms with Gasteiger partial charge in [0.2, 0.25) is 0 Å². The van der Waals surface area contributed by atoms with Gasteiger partial charge in [0.05, 0.1) is 29.9 Å². The first kappa shape index (κ1) is 23.3. The molecule has 1 fully saturated rings. The van der Waals surface area contributed by atoms with Gasteiger partial charge in [-0.2, -0.15) is 10.1 Å². The van der Waals surface area contributed by atoms with E-state index < -0.39 is 5.82 Å². The first-order valence-electron chi connectivity index (χ1n) is 11.3. The number of thioether (sulfide) groups is 1. The predicted octanol–water partition coefficient (Wildman–Crippen LogP) is 4.77. The standard InChI is InChI=1S/C26H25FN4O3S/c1-16-13-30(14-17(2)34-16)26-28-25(32)23(35-26)12-19-15-31(20-7-5-4-6-8-20)29-24(19)18-9-10-22(33-3)21(27)11-18/h4-12,15-17H,13-14H2,1-3H3/b23-12-/t16-,17-/m1/s1. The van der Waals surface area contributed by atoms with Gasteiger partial charge in [0.25, 0.3) is 5.91 Å². The number of ether oxygens (including phenoxy) is 2. The summed E-state index contributed by atoms with van der Waals surface area (Å²) in [7, 11) is 1.43. The molecule has 35 heavy (non-hydrogen) atoms. The summed E-state index contributed by atoms with van der Waals surface area (Å²) in [5, 5.41) is 5.40. The zero-order valence-electron chi connectivity index (χ0n) is 19.6. The molecule has 3 aromatic rings. The zero-order chi connectivity index (χ0) is 24.5. The average Bonchev–Trinajstić information content (AvgIpc) is 3.43. The number of hydrogen-bond acceptors (Lipinski definition) is 6. The molecule has 1 amide bonds. The van der Waals surface area contributed by atoms with Gasteiger partial charge in [0.15, 0.2) is 16.7 Å². The number of hydrogen-bond donors (Lipinski definition) is 0. The number of nitrogens with zero attached hydrogens (tertiary/aromatic N) is 4. The molecule has 9 heteroatoms. The van der Waals surface area contributed by atoms with Gasteiger partial charge in [-0.05, 0) is 62.0 Å². The van der Waals surface area contributed by atoms with Gasteiger partial charge in [0, 0.05) is 30.4 Å². The number of benzene rings is 2. The Labute approximate surface area is 207 Å². The lowest BCUT2D eigenvalue weighted by Gasteiger charge is -2.35. The maximum atomic E-state index is 14.5. The van der Waals surface area contributed by atoms with E-state index in [0.717, 1.165) is 5.69 Å². The molecule has 180 valence electrons. The van der Waals surface area contributed by atoms with Gasteiger partial charge in [-0.3, -0.25) is 4.79 Å². The van der Waals surface area contributed by atoms with Crippen LogP contribution in [0.2, 0.25) is 0 Å². The molecule has 2 aliphatic heterocycles. The van der Waals surface area contributed by atoms with Crippen LogP contribution in [0.25, 0.3) is 23.0 Å². The molecule has 0 N–H and O–H groups in total. The topological polar surface area (TPSA) is 68.9 Å². The van der Waals surface area contributed by atoms with E-state index in [0.29, 0.717) is 40.0 Å². The number of halogens is 1. The molecule has 1 aromatic heterocycles. The number of amidine groups is 1. The van der Waals surface area contributed by atoms with Gasteiger partial charge in [-0.15, -0.1) is 0 Å². The smallest absolute Gasteiger partial charge is 0.286 e. The molecule has 0 spiro atoms. The van der Waals surface area contributed by atoms with Crippen molar-refractivity contribution in [2.45, 2.75) is 26.1 Å². The van der Waals surface area contributed by atoms with Gasteiger partial charge < -0.3 is 14.4 Å². The summed E-state index contributed by atoms with van der Waals surface area (Å²) >= 11 is 1.34. The number of methoxy groups -OCH3 is 1. The Morgan fingerprint density at radius 2 is 1.89 bits per heavy atom. The minimum atomic E-state index is -0.481. The van der Waals surface area contributed by atoms with E-state index in [1.165, 1.54) is 24.9 Å². The molecular formula is C26H25FN4O3S. The number of aromatic nitrogens is 2. The number of carbonyl (C=O) groups is 1. The van der Waals surface area contributed by atoms with Crippen LogP contribution >= 0.6 is 11.8 Å². The van der Waals surface area contributed by atoms with Crippen LogP contribution in [0.1, 0.15) is 19.4 Å². The van der Waals surface area contributed by atoms with Gasteiger partial charge in [0.1, 0.15) is 5.69 Å². The Morgan fingerprint density at radius 1 is 1.14 bits per heavy atom. The number of carbonyl (C=O) groups excluding carboxylic acids is 1. The van der Waals surface area contributed by atoms with E-state index in [1.807, 2.05) is 50.4 Å². The minimum absolute atomic E-state index is 0.0610. The highest BCUT2D eigenvalue weighted by molar-refractivity contribution is 8.18. The molecule has 0 bridgehead atoms. The fourth-order valence-electron chi connectivity index (χ4n) is 4.25. The summed E-state index contributed by atoms with van der Waals surface area (Å²) < 4.78 is 27.1. The van der Waals surface area contributed by atoms with E-state index in [-0.39, 0.29) is 23.9 Å². The number of amides is 1. The quantitative estimate of drug-likeness (QED) is 0.489. The fraction of sp³-hybridized carbons (Fsp3) is 0.269. The van der Waals surface area contributed by atoms with Crippen LogP contribution in [0.5, 0.6) is 5.75 Å². The van der Waals surface area contributed by atoms with E-state index in [4.69, 9.17) is 14.6 Å². The predicted molar refractivity (Wildman–Crippen MR) is 135 cm³/mol. The summed E-state index contributed by atoms with van der Waals surface area (Å²) in [5.41, 5.74) is 2.68. The third-order valence-electron chi connectivity index (χ3n) is 5.77. The van der Waals surface area contributed by atoms with E-state index >= 15 is 0 Å². The lowest BCUT2D eigenvalue weighted by Crippen LogP contribution is -2.47. The normalized spacial score (nSPS) is 21.5. The third-order valence-corrected chi connectivity index (χ3v) is 6.82. The Kier molecular flexibility index (Phi) is 6.44. The maximum absolute atomic E-state index is 14.5. The van der Waals surface area contributed by atoms with Crippen molar-refractivity contribution in [3.8, 4) is 22.7 Å². The Bertz CT molecular complexity index is 1310. The SMILES string of the molecule is COc1ccc(-c2nn(-c3ccccc3)cc2/C=C2\SC(N3C[C@@H](C)O[C@H](C)C3)=NC2=O)cc1F. The lowest BCUT2D eigenvalue weighted by atomic mass is 10.1. The van der Waals surface area contributed by atoms with Crippen molar-refractivity contribution < 1.29 is 18.7 Å². The second-order valence-electron chi connectivity index (χ2n) is 8.53. The third kappa shape index (κ3) is 4.87. The van der Waals surface area contributed by atoms with Crippen LogP contribution in [0, 0.1) is 5.82 Å². The van der Waals surface area contributed by atoms with Crippen LogP contribution in [0.4, 0.5) is 4.39 Å². The van der Waals surface area contributed by atoms with Crippen molar-refractivity contribution in [2.24, 2.45) is 4.99 Å². The summed E-state index contributed by atoms with van der Waals surface area (Å²) in [6.07, 6.45) is 3.74. The molecule has 5 rings (SSSR count). The highest BCUT2D eigenvalue weighted by atomic mass is 32.2. The van der Waals surface area contributed by atoms with Crippen molar-refractivity contribution in [3.63, 3.8) is 0 Å². The zero-order valence-corrected chi connectivity index (χ0v) is 20.5. The van der Waals surface area contributed by atoms with E-state index in [2.05, 4.69) is 9.89 Å². The number of morpholine rings is 1. The van der Waals surface area contributed by atoms with E-state index in [1.54, 1.807) is 22.9 Å². The monoisotopic (exact) mass is 492 g/mol. The Hall–Kier alpha value is -3.43. The van der Waals surface area contributed by atoms with Crippen molar-refractivity contribution in [2.75, 3.05) is 20.2 Å². The van der Waals surface area contributed by atoms with E-state index in [9.17, 15) is 9.18 Å². The lowest BCUT2D eigenvalue weighted by molar-refractivity contribution is -0.113. The second kappa shape index (κ2) is 9.67. The molecule has 1 saturated heterocycles. The van der Waals surface area contributed by atoms with Crippen LogP contribution < -0.4 is 4.74 Å². The van der Waals surface area contributed by atoms with Gasteiger partial charge in [-0.25, -0.2) is 9.07 Å². The van der Waals surface area contributed by atoms with Crippen LogP contribution in [-0.4, -0.2) is 58.2 Å². The highest BCUT2D eigenvalue weighted by Gasteiger charge is 2.31. The molecule has 3 heterocycles. The molecule has 2 atom stereocenters. The molecule has 0 saturated carbocycles. The molecule has 2 aliphatic rings. The summed E-state index contributed by atoms with van der Waals surface area (Å²) in [6, 6.07) is 14.3. The Balaban J connectivity index is 1.51. The molecular weight excluding hydrogens is 467 g/mol. The number of aliphatic imine (C=N–C) groups is 1. The first-order chi connectivity index (χ1) is 16.9.